The monoisotopic (exact) mass is 332 g/mol. The smallest absolute Gasteiger partial charge is 0.229 e. The fourth-order valence-corrected chi connectivity index (χ4v) is 3.40. The summed E-state index contributed by atoms with van der Waals surface area (Å²) >= 11 is 0. The molecule has 1 aromatic carbocycles. The molecule has 1 amide bonds. The standard InChI is InChI=1S/C18H24N2O4/c1-18(2)9-15(21)16(22)10-20(18)17(23)8-12-6-11-7-13(24-3)4-5-14(11)19-12/h4-7,15-16,19,21-22H,8-10H2,1-3H3/t15-,16+/m0/s1. The Labute approximate surface area is 141 Å². The Morgan fingerprint density at radius 2 is 2.08 bits per heavy atom. The first-order valence-corrected chi connectivity index (χ1v) is 8.12. The SMILES string of the molecule is COc1ccc2[nH]c(CC(=O)N3C[C@@H](O)[C@@H](O)CC3(C)C)cc2c1. The summed E-state index contributed by atoms with van der Waals surface area (Å²) in [5.41, 5.74) is 1.29. The van der Waals surface area contributed by atoms with E-state index in [1.54, 1.807) is 12.0 Å². The van der Waals surface area contributed by atoms with Gasteiger partial charge in [0.1, 0.15) is 5.75 Å². The number of aliphatic hydroxyl groups is 2. The zero-order valence-corrected chi connectivity index (χ0v) is 14.2. The number of aromatic amines is 1. The maximum Gasteiger partial charge on any atom is 0.229 e. The third-order valence-corrected chi connectivity index (χ3v) is 4.78. The average Bonchev–Trinajstić information content (AvgIpc) is 2.91. The van der Waals surface area contributed by atoms with Crippen molar-refractivity contribution in [1.29, 1.82) is 0 Å². The molecule has 6 nitrogen and oxygen atoms in total. The second-order valence-corrected chi connectivity index (χ2v) is 7.08. The molecular weight excluding hydrogens is 308 g/mol. The number of piperidine rings is 1. The van der Waals surface area contributed by atoms with Gasteiger partial charge in [-0.2, -0.15) is 0 Å². The van der Waals surface area contributed by atoms with E-state index in [1.165, 1.54) is 0 Å². The van der Waals surface area contributed by atoms with E-state index in [-0.39, 0.29) is 18.9 Å². The van der Waals surface area contributed by atoms with Gasteiger partial charge in [0.2, 0.25) is 5.91 Å². The Balaban J connectivity index is 1.79. The number of amides is 1. The van der Waals surface area contributed by atoms with Gasteiger partial charge >= 0.3 is 0 Å². The van der Waals surface area contributed by atoms with Gasteiger partial charge in [0.15, 0.2) is 0 Å². The second-order valence-electron chi connectivity index (χ2n) is 7.08. The predicted molar refractivity (Wildman–Crippen MR) is 91.0 cm³/mol. The zero-order chi connectivity index (χ0) is 17.5. The molecule has 1 aromatic heterocycles. The van der Waals surface area contributed by atoms with Crippen LogP contribution in [0.5, 0.6) is 5.75 Å². The van der Waals surface area contributed by atoms with Crippen LogP contribution < -0.4 is 4.74 Å². The number of β-amino-alcohol motifs (C(OH)–C–C–N with tert-alkyl or cyclic N) is 1. The van der Waals surface area contributed by atoms with Crippen molar-refractivity contribution in [1.82, 2.24) is 9.88 Å². The number of fused-ring (bicyclic) bond motifs is 1. The van der Waals surface area contributed by atoms with E-state index in [9.17, 15) is 15.0 Å². The van der Waals surface area contributed by atoms with Crippen LogP contribution in [0.15, 0.2) is 24.3 Å². The number of ether oxygens (including phenoxy) is 1. The lowest BCUT2D eigenvalue weighted by molar-refractivity contribution is -0.149. The quantitative estimate of drug-likeness (QED) is 0.794. The first-order valence-electron chi connectivity index (χ1n) is 8.12. The number of benzene rings is 1. The highest BCUT2D eigenvalue weighted by molar-refractivity contribution is 5.85. The van der Waals surface area contributed by atoms with Crippen LogP contribution in [0, 0.1) is 0 Å². The summed E-state index contributed by atoms with van der Waals surface area (Å²) in [6.45, 7) is 3.98. The molecule has 0 saturated carbocycles. The number of hydrogen-bond acceptors (Lipinski definition) is 4. The minimum Gasteiger partial charge on any atom is -0.497 e. The van der Waals surface area contributed by atoms with Gasteiger partial charge in [-0.05, 0) is 44.5 Å². The molecule has 130 valence electrons. The lowest BCUT2D eigenvalue weighted by Crippen LogP contribution is -2.60. The van der Waals surface area contributed by atoms with Crippen molar-refractivity contribution in [3.05, 3.63) is 30.0 Å². The van der Waals surface area contributed by atoms with Crippen LogP contribution in [-0.4, -0.2) is 57.4 Å². The maximum absolute atomic E-state index is 12.7. The molecule has 24 heavy (non-hydrogen) atoms. The van der Waals surface area contributed by atoms with Gasteiger partial charge in [0, 0.05) is 28.7 Å². The number of hydrogen-bond donors (Lipinski definition) is 3. The molecule has 3 rings (SSSR count). The highest BCUT2D eigenvalue weighted by atomic mass is 16.5. The van der Waals surface area contributed by atoms with E-state index >= 15 is 0 Å². The fraction of sp³-hybridized carbons (Fsp3) is 0.500. The lowest BCUT2D eigenvalue weighted by Gasteiger charge is -2.46. The number of H-pyrrole nitrogens is 1. The van der Waals surface area contributed by atoms with Gasteiger partial charge in [-0.3, -0.25) is 4.79 Å². The number of nitrogens with zero attached hydrogens (tertiary/aromatic N) is 1. The molecule has 0 aliphatic carbocycles. The van der Waals surface area contributed by atoms with Crippen molar-refractivity contribution in [3.63, 3.8) is 0 Å². The molecule has 0 unspecified atom stereocenters. The molecule has 6 heteroatoms. The van der Waals surface area contributed by atoms with Crippen LogP contribution in [-0.2, 0) is 11.2 Å². The summed E-state index contributed by atoms with van der Waals surface area (Å²) in [5.74, 6) is 0.707. The fourth-order valence-electron chi connectivity index (χ4n) is 3.40. The van der Waals surface area contributed by atoms with Crippen LogP contribution in [0.25, 0.3) is 10.9 Å². The van der Waals surface area contributed by atoms with Crippen molar-refractivity contribution in [2.75, 3.05) is 13.7 Å². The summed E-state index contributed by atoms with van der Waals surface area (Å²) < 4.78 is 5.22. The Kier molecular flexibility index (Phi) is 4.27. The molecule has 2 aromatic rings. The first-order chi connectivity index (χ1) is 11.3. The van der Waals surface area contributed by atoms with E-state index < -0.39 is 17.7 Å². The zero-order valence-electron chi connectivity index (χ0n) is 14.2. The number of methoxy groups -OCH3 is 1. The summed E-state index contributed by atoms with van der Waals surface area (Å²) in [6, 6.07) is 7.66. The van der Waals surface area contributed by atoms with Gasteiger partial charge in [-0.15, -0.1) is 0 Å². The second kappa shape index (κ2) is 6.11. The molecule has 1 aliphatic heterocycles. The maximum atomic E-state index is 12.7. The number of aliphatic hydroxyl groups excluding tert-OH is 2. The third kappa shape index (κ3) is 3.12. The average molecular weight is 332 g/mol. The molecule has 0 bridgehead atoms. The Morgan fingerprint density at radius 3 is 2.79 bits per heavy atom. The molecule has 2 atom stereocenters. The van der Waals surface area contributed by atoms with Crippen LogP contribution in [0.1, 0.15) is 26.0 Å². The van der Waals surface area contributed by atoms with E-state index in [4.69, 9.17) is 4.74 Å². The number of carbonyl (C=O) groups excluding carboxylic acids is 1. The van der Waals surface area contributed by atoms with Crippen LogP contribution in [0.4, 0.5) is 0 Å². The molecule has 3 N–H and O–H groups in total. The number of aromatic nitrogens is 1. The lowest BCUT2D eigenvalue weighted by atomic mass is 9.86. The minimum atomic E-state index is -0.894. The number of likely N-dealkylation sites (tertiary alicyclic amines) is 1. The van der Waals surface area contributed by atoms with Crippen molar-refractivity contribution in [3.8, 4) is 5.75 Å². The van der Waals surface area contributed by atoms with Crippen molar-refractivity contribution in [2.24, 2.45) is 0 Å². The Bertz CT molecular complexity index is 753. The summed E-state index contributed by atoms with van der Waals surface area (Å²) in [6.07, 6.45) is -1.09. The van der Waals surface area contributed by atoms with Crippen LogP contribution in [0.2, 0.25) is 0 Å². The minimum absolute atomic E-state index is 0.0653. The molecule has 1 fully saturated rings. The predicted octanol–water partition coefficient (Wildman–Crippen LogP) is 1.45. The van der Waals surface area contributed by atoms with E-state index in [0.29, 0.717) is 6.42 Å². The highest BCUT2D eigenvalue weighted by Crippen LogP contribution is 2.29. The van der Waals surface area contributed by atoms with Crippen molar-refractivity contribution in [2.45, 2.75) is 44.4 Å². The molecule has 1 aliphatic rings. The van der Waals surface area contributed by atoms with Crippen LogP contribution >= 0.6 is 0 Å². The van der Waals surface area contributed by atoms with Gasteiger partial charge in [-0.25, -0.2) is 0 Å². The summed E-state index contributed by atoms with van der Waals surface area (Å²) in [5, 5.41) is 20.7. The molecule has 0 spiro atoms. The van der Waals surface area contributed by atoms with Crippen LogP contribution in [0.3, 0.4) is 0 Å². The van der Waals surface area contributed by atoms with Gasteiger partial charge in [0.25, 0.3) is 0 Å². The molecule has 1 saturated heterocycles. The Hall–Kier alpha value is -2.05. The first kappa shape index (κ1) is 16.8. The normalized spacial score (nSPS) is 23.5. The number of nitrogens with one attached hydrogen (secondary N) is 1. The van der Waals surface area contributed by atoms with Crippen molar-refractivity contribution >= 4 is 16.8 Å². The summed E-state index contributed by atoms with van der Waals surface area (Å²) in [4.78, 5) is 17.6. The molecule has 2 heterocycles. The number of carbonyl (C=O) groups is 1. The van der Waals surface area contributed by atoms with E-state index in [2.05, 4.69) is 4.98 Å². The van der Waals surface area contributed by atoms with Gasteiger partial charge < -0.3 is 24.8 Å². The van der Waals surface area contributed by atoms with E-state index in [1.807, 2.05) is 38.1 Å². The van der Waals surface area contributed by atoms with Gasteiger partial charge in [-0.1, -0.05) is 0 Å². The summed E-state index contributed by atoms with van der Waals surface area (Å²) in [7, 11) is 1.62. The topological polar surface area (TPSA) is 85.8 Å². The largest absolute Gasteiger partial charge is 0.497 e. The number of rotatable bonds is 3. The third-order valence-electron chi connectivity index (χ3n) is 4.78. The molecule has 0 radical (unpaired) electrons. The van der Waals surface area contributed by atoms with E-state index in [0.717, 1.165) is 22.3 Å². The Morgan fingerprint density at radius 1 is 1.33 bits per heavy atom. The van der Waals surface area contributed by atoms with Gasteiger partial charge in [0.05, 0.1) is 25.7 Å². The highest BCUT2D eigenvalue weighted by Gasteiger charge is 2.41. The van der Waals surface area contributed by atoms with Crippen molar-refractivity contribution < 1.29 is 19.7 Å². The molecular formula is C18H24N2O4.